The van der Waals surface area contributed by atoms with Gasteiger partial charge in [-0.3, -0.25) is 9.52 Å². The molecule has 13 heteroatoms. The van der Waals surface area contributed by atoms with Gasteiger partial charge < -0.3 is 25.1 Å². The number of nitrogens with zero attached hydrogens (tertiary/aromatic N) is 3. The number of fused-ring (bicyclic) bond motifs is 1. The molecule has 0 saturated carbocycles. The molecule has 4 N–H and O–H groups in total. The lowest BCUT2D eigenvalue weighted by Crippen LogP contribution is -2.18. The van der Waals surface area contributed by atoms with Crippen LogP contribution in [0.15, 0.2) is 84.0 Å². The van der Waals surface area contributed by atoms with E-state index in [2.05, 4.69) is 35.3 Å². The summed E-state index contributed by atoms with van der Waals surface area (Å²) < 4.78 is 40.1. The van der Waals surface area contributed by atoms with Gasteiger partial charge >= 0.3 is 0 Å². The Morgan fingerprint density at radius 2 is 1.57 bits per heavy atom. The Balaban J connectivity index is 1.45. The van der Waals surface area contributed by atoms with E-state index in [-0.39, 0.29) is 28.9 Å². The van der Waals surface area contributed by atoms with E-state index in [4.69, 9.17) is 9.47 Å². The van der Waals surface area contributed by atoms with Crippen LogP contribution in [0.5, 0.6) is 11.5 Å². The van der Waals surface area contributed by atoms with Crippen LogP contribution in [0.1, 0.15) is 5.82 Å². The lowest BCUT2D eigenvalue weighted by molar-refractivity contribution is -0.115. The number of nitrogens with one attached hydrogen (secondary N) is 4. The molecule has 0 bridgehead atoms. The lowest BCUT2D eigenvalue weighted by Gasteiger charge is -2.15. The predicted octanol–water partition coefficient (Wildman–Crippen LogP) is 4.10. The molecule has 40 heavy (non-hydrogen) atoms. The Morgan fingerprint density at radius 3 is 2.23 bits per heavy atom. The Hall–Kier alpha value is -5.17. The van der Waals surface area contributed by atoms with E-state index in [9.17, 15) is 13.2 Å². The van der Waals surface area contributed by atoms with E-state index >= 15 is 0 Å². The number of hydrogen-bond donors (Lipinski definition) is 4. The van der Waals surface area contributed by atoms with Gasteiger partial charge in [0.05, 0.1) is 36.6 Å². The van der Waals surface area contributed by atoms with Crippen LogP contribution in [0.3, 0.4) is 0 Å². The van der Waals surface area contributed by atoms with Crippen molar-refractivity contribution < 1.29 is 22.7 Å². The molecule has 5 rings (SSSR count). The van der Waals surface area contributed by atoms with Gasteiger partial charge in [0.2, 0.25) is 5.91 Å². The van der Waals surface area contributed by atoms with Crippen molar-refractivity contribution in [2.24, 2.45) is 0 Å². The second-order valence-electron chi connectivity index (χ2n) is 8.53. The molecule has 0 saturated heterocycles. The first kappa shape index (κ1) is 26.4. The number of methoxy groups -OCH3 is 2. The number of ether oxygens (including phenoxy) is 2. The number of hydrogen-bond acceptors (Lipinski definition) is 9. The third-order valence-electron chi connectivity index (χ3n) is 5.73. The van der Waals surface area contributed by atoms with Crippen molar-refractivity contribution in [3.05, 3.63) is 84.9 Å². The number of aromatic nitrogens is 4. The monoisotopic (exact) mass is 559 g/mol. The Kier molecular flexibility index (Phi) is 7.46. The van der Waals surface area contributed by atoms with E-state index in [1.54, 1.807) is 54.9 Å². The number of aromatic amines is 1. The highest BCUT2D eigenvalue weighted by atomic mass is 32.2. The summed E-state index contributed by atoms with van der Waals surface area (Å²) in [6, 6.07) is 18.1. The van der Waals surface area contributed by atoms with Gasteiger partial charge in [-0.05, 0) is 30.3 Å². The zero-order valence-corrected chi connectivity index (χ0v) is 22.3. The zero-order valence-electron chi connectivity index (χ0n) is 21.5. The fraction of sp³-hybridized carbons (Fsp3) is 0.111. The van der Waals surface area contributed by atoms with Crippen molar-refractivity contribution in [1.29, 1.82) is 0 Å². The maximum atomic E-state index is 13.5. The highest BCUT2D eigenvalue weighted by Gasteiger charge is 2.20. The minimum absolute atomic E-state index is 0.0129. The third-order valence-corrected chi connectivity index (χ3v) is 7.06. The maximum Gasteiger partial charge on any atom is 0.263 e. The van der Waals surface area contributed by atoms with Crippen molar-refractivity contribution in [2.75, 3.05) is 29.6 Å². The molecule has 3 aromatic carbocycles. The molecule has 204 valence electrons. The second kappa shape index (κ2) is 11.3. The average Bonchev–Trinajstić information content (AvgIpc) is 3.46. The predicted molar refractivity (Wildman–Crippen MR) is 151 cm³/mol. The van der Waals surface area contributed by atoms with Gasteiger partial charge in [0.15, 0.2) is 11.6 Å². The first-order chi connectivity index (χ1) is 19.3. The molecule has 2 heterocycles. The average molecular weight is 560 g/mol. The standard InChI is InChI=1S/C27H25N7O5S/c1-38-19-12-18(13-20(15-19)39-2)31-26-27(33-23-9-4-3-8-22(23)32-26)34-40(36,37)21-7-5-6-17(14-21)30-25(35)16-24-28-10-11-29-24/h3-15H,16H2,1-2H3,(H,28,29)(H,30,35)(H,31,32)(H,33,34). The second-order valence-corrected chi connectivity index (χ2v) is 10.2. The maximum absolute atomic E-state index is 13.5. The molecule has 5 aromatic rings. The van der Waals surface area contributed by atoms with Crippen molar-refractivity contribution >= 4 is 50.0 Å². The van der Waals surface area contributed by atoms with Crippen molar-refractivity contribution in [1.82, 2.24) is 19.9 Å². The van der Waals surface area contributed by atoms with Gasteiger partial charge in [-0.15, -0.1) is 0 Å². The summed E-state index contributed by atoms with van der Waals surface area (Å²) >= 11 is 0. The smallest absolute Gasteiger partial charge is 0.263 e. The van der Waals surface area contributed by atoms with Crippen LogP contribution in [0.25, 0.3) is 11.0 Å². The number of imidazole rings is 1. The SMILES string of the molecule is COc1cc(Nc2nc3ccccc3nc2NS(=O)(=O)c2cccc(NC(=O)Cc3ncc[nH]3)c2)cc(OC)c1. The number of carbonyl (C=O) groups excluding carboxylic acids is 1. The minimum atomic E-state index is -4.14. The van der Waals surface area contributed by atoms with Crippen LogP contribution in [0, 0.1) is 0 Å². The number of amides is 1. The first-order valence-electron chi connectivity index (χ1n) is 12.0. The summed E-state index contributed by atoms with van der Waals surface area (Å²) in [6.45, 7) is 0. The van der Waals surface area contributed by atoms with Crippen molar-refractivity contribution in [3.63, 3.8) is 0 Å². The Bertz CT molecular complexity index is 1750. The molecule has 0 spiro atoms. The van der Waals surface area contributed by atoms with Crippen LogP contribution < -0.4 is 24.8 Å². The van der Waals surface area contributed by atoms with Gasteiger partial charge in [-0.25, -0.2) is 23.4 Å². The number of sulfonamides is 1. The number of H-pyrrole nitrogens is 1. The van der Waals surface area contributed by atoms with Crippen LogP contribution in [-0.2, 0) is 21.2 Å². The molecule has 0 aliphatic rings. The van der Waals surface area contributed by atoms with Crippen LogP contribution >= 0.6 is 0 Å². The van der Waals surface area contributed by atoms with E-state index < -0.39 is 10.0 Å². The van der Waals surface area contributed by atoms with Gasteiger partial charge in [0.25, 0.3) is 10.0 Å². The van der Waals surface area contributed by atoms with Gasteiger partial charge in [-0.2, -0.15) is 0 Å². The lowest BCUT2D eigenvalue weighted by atomic mass is 10.2. The van der Waals surface area contributed by atoms with E-state index in [0.717, 1.165) is 0 Å². The molecule has 0 radical (unpaired) electrons. The number of carbonyl (C=O) groups is 1. The van der Waals surface area contributed by atoms with Gasteiger partial charge in [0, 0.05) is 42.0 Å². The van der Waals surface area contributed by atoms with E-state index in [0.29, 0.717) is 39.7 Å². The highest BCUT2D eigenvalue weighted by molar-refractivity contribution is 7.92. The normalized spacial score (nSPS) is 11.2. The molecule has 12 nitrogen and oxygen atoms in total. The summed E-state index contributed by atoms with van der Waals surface area (Å²) in [6.07, 6.45) is 3.18. The van der Waals surface area contributed by atoms with E-state index in [1.807, 2.05) is 6.07 Å². The minimum Gasteiger partial charge on any atom is -0.497 e. The number of para-hydroxylation sites is 2. The van der Waals surface area contributed by atoms with Gasteiger partial charge in [0.1, 0.15) is 17.3 Å². The first-order valence-corrected chi connectivity index (χ1v) is 13.5. The van der Waals surface area contributed by atoms with Gasteiger partial charge in [-0.1, -0.05) is 18.2 Å². The topological polar surface area (TPSA) is 160 Å². The molecule has 0 aliphatic carbocycles. The molecule has 0 unspecified atom stereocenters. The molecular formula is C27H25N7O5S. The largest absolute Gasteiger partial charge is 0.497 e. The fourth-order valence-corrected chi connectivity index (χ4v) is 4.91. The third kappa shape index (κ3) is 6.10. The summed E-state index contributed by atoms with van der Waals surface area (Å²) in [5.74, 6) is 1.35. The summed E-state index contributed by atoms with van der Waals surface area (Å²) in [5, 5.41) is 5.81. The highest BCUT2D eigenvalue weighted by Crippen LogP contribution is 2.31. The molecule has 0 atom stereocenters. The van der Waals surface area contributed by atoms with Crippen molar-refractivity contribution in [2.45, 2.75) is 11.3 Å². The van der Waals surface area contributed by atoms with Crippen LogP contribution in [0.4, 0.5) is 23.0 Å². The van der Waals surface area contributed by atoms with E-state index in [1.165, 1.54) is 32.4 Å². The Labute approximate surface area is 229 Å². The fourth-order valence-electron chi connectivity index (χ4n) is 3.85. The summed E-state index contributed by atoms with van der Waals surface area (Å²) in [7, 11) is -1.08. The molecular weight excluding hydrogens is 534 g/mol. The van der Waals surface area contributed by atoms with Crippen LogP contribution in [0.2, 0.25) is 0 Å². The molecule has 2 aromatic heterocycles. The molecule has 1 amide bonds. The zero-order chi connectivity index (χ0) is 28.1. The summed E-state index contributed by atoms with van der Waals surface area (Å²) in [4.78, 5) is 28.3. The molecule has 0 fully saturated rings. The van der Waals surface area contributed by atoms with Crippen molar-refractivity contribution in [3.8, 4) is 11.5 Å². The summed E-state index contributed by atoms with van der Waals surface area (Å²) in [5.41, 5.74) is 1.91. The quantitative estimate of drug-likeness (QED) is 0.197. The Morgan fingerprint density at radius 1 is 0.875 bits per heavy atom. The van der Waals surface area contributed by atoms with Crippen LogP contribution in [-0.4, -0.2) is 48.5 Å². The number of rotatable bonds is 10. The molecule has 0 aliphatic heterocycles. The number of anilines is 4. The number of benzene rings is 3.